The lowest BCUT2D eigenvalue weighted by Gasteiger charge is -2.04. The van der Waals surface area contributed by atoms with E-state index in [2.05, 4.69) is 0 Å². The number of hydrogen-bond donors (Lipinski definition) is 0. The molecule has 0 spiro atoms. The SMILES string of the molecule is CC.CC.[B]n1cc(C)c2ccccc2c1=O. The van der Waals surface area contributed by atoms with Crippen molar-refractivity contribution < 1.29 is 0 Å². The van der Waals surface area contributed by atoms with Crippen molar-refractivity contribution in [1.82, 2.24) is 4.48 Å². The number of fused-ring (bicyclic) bond motifs is 1. The number of aryl methyl sites for hydroxylation is 1. The Morgan fingerprint density at radius 3 is 2.00 bits per heavy atom. The van der Waals surface area contributed by atoms with Gasteiger partial charge in [-0.25, -0.2) is 0 Å². The zero-order chi connectivity index (χ0) is 13.4. The van der Waals surface area contributed by atoms with E-state index in [9.17, 15) is 4.79 Å². The van der Waals surface area contributed by atoms with Crippen molar-refractivity contribution in [3.05, 3.63) is 46.4 Å². The van der Waals surface area contributed by atoms with Gasteiger partial charge in [0.2, 0.25) is 13.5 Å². The Labute approximate surface area is 105 Å². The van der Waals surface area contributed by atoms with E-state index in [0.29, 0.717) is 5.39 Å². The first kappa shape index (κ1) is 15.5. The molecule has 0 saturated heterocycles. The summed E-state index contributed by atoms with van der Waals surface area (Å²) in [6.07, 6.45) is 1.64. The van der Waals surface area contributed by atoms with Gasteiger partial charge in [-0.2, -0.15) is 0 Å². The molecule has 2 rings (SSSR count). The van der Waals surface area contributed by atoms with Crippen LogP contribution in [0.1, 0.15) is 33.3 Å². The molecule has 1 aromatic heterocycles. The highest BCUT2D eigenvalue weighted by Crippen LogP contribution is 2.12. The highest BCUT2D eigenvalue weighted by molar-refractivity contribution is 6.07. The molecule has 1 heterocycles. The summed E-state index contributed by atoms with van der Waals surface area (Å²) in [6, 6.07) is 7.46. The Morgan fingerprint density at radius 2 is 1.47 bits per heavy atom. The van der Waals surface area contributed by atoms with Gasteiger partial charge in [0.05, 0.1) is 0 Å². The minimum atomic E-state index is -0.152. The minimum Gasteiger partial charge on any atom is -0.371 e. The summed E-state index contributed by atoms with van der Waals surface area (Å²) >= 11 is 0. The first-order chi connectivity index (χ1) is 8.20. The van der Waals surface area contributed by atoms with Crippen LogP contribution in [-0.4, -0.2) is 12.5 Å². The molecule has 90 valence electrons. The maximum Gasteiger partial charge on any atom is 0.245 e. The van der Waals surface area contributed by atoms with Gasteiger partial charge >= 0.3 is 0 Å². The van der Waals surface area contributed by atoms with E-state index in [0.717, 1.165) is 15.4 Å². The average Bonchev–Trinajstić information content (AvgIpc) is 2.41. The van der Waals surface area contributed by atoms with Crippen LogP contribution in [0.15, 0.2) is 35.3 Å². The van der Waals surface area contributed by atoms with Crippen molar-refractivity contribution in [2.24, 2.45) is 0 Å². The second-order valence-electron chi connectivity index (χ2n) is 3.07. The summed E-state index contributed by atoms with van der Waals surface area (Å²) in [5.41, 5.74) is 0.860. The van der Waals surface area contributed by atoms with Crippen molar-refractivity contribution in [3.63, 3.8) is 0 Å². The summed E-state index contributed by atoms with van der Waals surface area (Å²) in [5, 5.41) is 1.64. The Kier molecular flexibility index (Phi) is 7.03. The fraction of sp³-hybridized carbons (Fsp3) is 0.357. The monoisotopic (exact) mass is 229 g/mol. The molecule has 0 aliphatic rings. The number of hydrogen-bond acceptors (Lipinski definition) is 1. The van der Waals surface area contributed by atoms with Gasteiger partial charge in [-0.05, 0) is 30.1 Å². The molecule has 0 amide bonds. The van der Waals surface area contributed by atoms with E-state index in [4.69, 9.17) is 7.98 Å². The van der Waals surface area contributed by atoms with Crippen LogP contribution in [0.25, 0.3) is 10.8 Å². The quantitative estimate of drug-likeness (QED) is 0.635. The molecule has 0 bridgehead atoms. The molecular formula is C14H20BNO. The van der Waals surface area contributed by atoms with Crippen LogP contribution < -0.4 is 5.56 Å². The summed E-state index contributed by atoms with van der Waals surface area (Å²) in [6.45, 7) is 9.94. The molecule has 0 aliphatic carbocycles. The Morgan fingerprint density at radius 1 is 1.00 bits per heavy atom. The first-order valence-electron chi connectivity index (χ1n) is 6.06. The minimum absolute atomic E-state index is 0.152. The van der Waals surface area contributed by atoms with Crippen LogP contribution in [0.3, 0.4) is 0 Å². The largest absolute Gasteiger partial charge is 0.371 e. The van der Waals surface area contributed by atoms with Crippen LogP contribution >= 0.6 is 0 Å². The summed E-state index contributed by atoms with van der Waals surface area (Å²) in [4.78, 5) is 11.5. The van der Waals surface area contributed by atoms with Crippen molar-refractivity contribution >= 4 is 18.8 Å². The molecule has 2 aromatic rings. The Bertz CT molecular complexity index is 517. The van der Waals surface area contributed by atoms with Crippen molar-refractivity contribution in [2.45, 2.75) is 34.6 Å². The zero-order valence-corrected chi connectivity index (χ0v) is 11.3. The standard InChI is InChI=1S/C10H8BNO.2C2H6/c1-7-6-12(11)10(13)9-5-3-2-4-8(7)9;2*1-2/h2-6H,1H3;2*1-2H3. The molecule has 0 fully saturated rings. The number of nitrogens with zero attached hydrogens (tertiary/aromatic N) is 1. The van der Waals surface area contributed by atoms with Crippen molar-refractivity contribution in [3.8, 4) is 0 Å². The highest BCUT2D eigenvalue weighted by atomic mass is 16.1. The Hall–Kier alpha value is -1.51. The van der Waals surface area contributed by atoms with Gasteiger partial charge in [0, 0.05) is 5.39 Å². The van der Waals surface area contributed by atoms with E-state index < -0.39 is 0 Å². The predicted octanol–water partition coefficient (Wildman–Crippen LogP) is 3.29. The maximum atomic E-state index is 11.5. The third-order valence-corrected chi connectivity index (χ3v) is 2.15. The van der Waals surface area contributed by atoms with Crippen LogP contribution in [0.5, 0.6) is 0 Å². The van der Waals surface area contributed by atoms with E-state index in [1.807, 2.05) is 52.8 Å². The van der Waals surface area contributed by atoms with Crippen molar-refractivity contribution in [2.75, 3.05) is 0 Å². The lowest BCUT2D eigenvalue weighted by atomic mass is 10.1. The summed E-state index contributed by atoms with van der Waals surface area (Å²) in [5.74, 6) is 0. The van der Waals surface area contributed by atoms with Gasteiger partial charge in [0.1, 0.15) is 0 Å². The van der Waals surface area contributed by atoms with Crippen LogP contribution in [0, 0.1) is 6.92 Å². The molecule has 17 heavy (non-hydrogen) atoms. The van der Waals surface area contributed by atoms with Gasteiger partial charge < -0.3 is 4.48 Å². The zero-order valence-electron chi connectivity index (χ0n) is 11.3. The first-order valence-corrected chi connectivity index (χ1v) is 6.06. The topological polar surface area (TPSA) is 22.0 Å². The van der Waals surface area contributed by atoms with Gasteiger partial charge in [0.15, 0.2) is 0 Å². The molecule has 0 atom stereocenters. The fourth-order valence-corrected chi connectivity index (χ4v) is 1.49. The summed E-state index contributed by atoms with van der Waals surface area (Å²) in [7, 11) is 5.49. The molecule has 3 heteroatoms. The molecule has 0 aliphatic heterocycles. The molecule has 1 aromatic carbocycles. The molecule has 2 radical (unpaired) electrons. The van der Waals surface area contributed by atoms with Crippen LogP contribution in [0.4, 0.5) is 0 Å². The molecular weight excluding hydrogens is 209 g/mol. The van der Waals surface area contributed by atoms with Crippen LogP contribution in [0.2, 0.25) is 0 Å². The van der Waals surface area contributed by atoms with E-state index in [-0.39, 0.29) is 5.56 Å². The molecule has 0 N–H and O–H groups in total. The van der Waals surface area contributed by atoms with E-state index in [1.54, 1.807) is 12.3 Å². The van der Waals surface area contributed by atoms with Gasteiger partial charge in [-0.15, -0.1) is 0 Å². The summed E-state index contributed by atoms with van der Waals surface area (Å²) < 4.78 is 1.12. The lowest BCUT2D eigenvalue weighted by molar-refractivity contribution is 1.13. The van der Waals surface area contributed by atoms with Crippen LogP contribution in [-0.2, 0) is 0 Å². The normalized spacial score (nSPS) is 8.76. The Balaban J connectivity index is 0.000000581. The predicted molar refractivity (Wildman–Crippen MR) is 76.8 cm³/mol. The number of pyridine rings is 1. The van der Waals surface area contributed by atoms with E-state index >= 15 is 0 Å². The van der Waals surface area contributed by atoms with Gasteiger partial charge in [0.25, 0.3) is 0 Å². The fourth-order valence-electron chi connectivity index (χ4n) is 1.49. The van der Waals surface area contributed by atoms with E-state index in [1.165, 1.54) is 0 Å². The number of aromatic nitrogens is 1. The molecule has 2 nitrogen and oxygen atoms in total. The third kappa shape index (κ3) is 3.48. The second-order valence-corrected chi connectivity index (χ2v) is 3.07. The highest BCUT2D eigenvalue weighted by Gasteiger charge is 2.01. The number of benzene rings is 1. The van der Waals surface area contributed by atoms with Crippen molar-refractivity contribution in [1.29, 1.82) is 0 Å². The second kappa shape index (κ2) is 7.72. The smallest absolute Gasteiger partial charge is 0.245 e. The lowest BCUT2D eigenvalue weighted by Crippen LogP contribution is -2.18. The molecule has 0 saturated carbocycles. The third-order valence-electron chi connectivity index (χ3n) is 2.15. The van der Waals surface area contributed by atoms with Gasteiger partial charge in [-0.1, -0.05) is 45.9 Å². The average molecular weight is 229 g/mol. The molecule has 0 unspecified atom stereocenters. The number of rotatable bonds is 0. The van der Waals surface area contributed by atoms with Gasteiger partial charge in [-0.3, -0.25) is 4.79 Å². The maximum absolute atomic E-state index is 11.5.